The van der Waals surface area contributed by atoms with Gasteiger partial charge in [-0.3, -0.25) is 5.32 Å². The minimum absolute atomic E-state index is 0.0787. The van der Waals surface area contributed by atoms with Gasteiger partial charge in [-0.15, -0.1) is 0 Å². The van der Waals surface area contributed by atoms with Crippen LogP contribution in [-0.4, -0.2) is 43.7 Å². The number of ether oxygens (including phenoxy) is 3. The number of rotatable bonds is 10. The Hall–Kier alpha value is -2.65. The minimum atomic E-state index is -5.22. The normalized spacial score (nSPS) is 13.2. The summed E-state index contributed by atoms with van der Waals surface area (Å²) in [7, 11) is 0. The lowest BCUT2D eigenvalue weighted by atomic mass is 10.1. The number of esters is 1. The van der Waals surface area contributed by atoms with E-state index in [1.165, 1.54) is 38.1 Å². The van der Waals surface area contributed by atoms with Crippen molar-refractivity contribution in [2.45, 2.75) is 45.5 Å². The molecule has 0 radical (unpaired) electrons. The fourth-order valence-electron chi connectivity index (χ4n) is 2.14. The van der Waals surface area contributed by atoms with Crippen molar-refractivity contribution < 1.29 is 37.0 Å². The predicted octanol–water partition coefficient (Wildman–Crippen LogP) is 3.85. The molecule has 0 aromatic heterocycles. The number of carbonyl (C=O) groups excluding carboxylic acids is 2. The molecule has 0 aliphatic carbocycles. The quantitative estimate of drug-likeness (QED) is 0.349. The minimum Gasteiger partial charge on any atom is -0.494 e. The van der Waals surface area contributed by atoms with Crippen molar-refractivity contribution in [3.05, 3.63) is 24.3 Å². The first-order valence-electron chi connectivity index (χ1n) is 8.90. The first-order chi connectivity index (χ1) is 13.2. The van der Waals surface area contributed by atoms with Gasteiger partial charge >= 0.3 is 23.9 Å². The number of hydrogen-bond donors (Lipinski definition) is 2. The maximum absolute atomic E-state index is 13.9. The van der Waals surface area contributed by atoms with E-state index in [0.717, 1.165) is 12.8 Å². The van der Waals surface area contributed by atoms with Crippen LogP contribution in [0.4, 0.5) is 23.7 Å². The number of benzene rings is 1. The molecule has 1 aromatic carbocycles. The maximum atomic E-state index is 13.9. The van der Waals surface area contributed by atoms with E-state index >= 15 is 0 Å². The van der Waals surface area contributed by atoms with E-state index in [0.29, 0.717) is 12.4 Å². The number of alkyl halides is 3. The van der Waals surface area contributed by atoms with E-state index in [1.54, 1.807) is 5.32 Å². The molecule has 1 aromatic rings. The highest BCUT2D eigenvalue weighted by Gasteiger charge is 2.64. The van der Waals surface area contributed by atoms with Crippen LogP contribution in [0.5, 0.6) is 5.75 Å². The van der Waals surface area contributed by atoms with Crippen molar-refractivity contribution in [3.63, 3.8) is 0 Å². The number of alkyl carbamates (subject to hydrolysis) is 1. The second-order valence-electron chi connectivity index (χ2n) is 5.67. The van der Waals surface area contributed by atoms with E-state index in [9.17, 15) is 22.8 Å². The molecule has 0 bridgehead atoms. The zero-order chi connectivity index (χ0) is 21.2. The van der Waals surface area contributed by atoms with Gasteiger partial charge in [0, 0.05) is 5.69 Å². The molecular weight excluding hydrogens is 381 g/mol. The van der Waals surface area contributed by atoms with Gasteiger partial charge in [0.1, 0.15) is 5.75 Å². The highest BCUT2D eigenvalue weighted by Crippen LogP contribution is 2.33. The van der Waals surface area contributed by atoms with Gasteiger partial charge in [-0.25, -0.2) is 9.59 Å². The molecule has 0 aliphatic heterocycles. The van der Waals surface area contributed by atoms with Crippen molar-refractivity contribution >= 4 is 17.7 Å². The van der Waals surface area contributed by atoms with Gasteiger partial charge < -0.3 is 19.5 Å². The molecular formula is C18H25F3N2O5. The summed E-state index contributed by atoms with van der Waals surface area (Å²) >= 11 is 0. The molecule has 28 heavy (non-hydrogen) atoms. The summed E-state index contributed by atoms with van der Waals surface area (Å²) in [5.74, 6) is -1.25. The van der Waals surface area contributed by atoms with E-state index in [1.807, 2.05) is 12.2 Å². The molecule has 7 nitrogen and oxygen atoms in total. The Morgan fingerprint density at radius 2 is 1.61 bits per heavy atom. The Bertz CT molecular complexity index is 637. The number of nitrogens with one attached hydrogen (secondary N) is 2. The Morgan fingerprint density at radius 3 is 2.11 bits per heavy atom. The van der Waals surface area contributed by atoms with Crippen LogP contribution in [0.2, 0.25) is 0 Å². The molecule has 10 heteroatoms. The zero-order valence-corrected chi connectivity index (χ0v) is 16.0. The van der Waals surface area contributed by atoms with Crippen LogP contribution in [0.3, 0.4) is 0 Å². The molecule has 1 amide bonds. The van der Waals surface area contributed by atoms with Gasteiger partial charge in [0.05, 0.1) is 19.8 Å². The van der Waals surface area contributed by atoms with Crippen LogP contribution in [0.1, 0.15) is 33.6 Å². The number of hydrogen-bond acceptors (Lipinski definition) is 6. The Kier molecular flexibility index (Phi) is 8.87. The fourth-order valence-corrected chi connectivity index (χ4v) is 2.14. The van der Waals surface area contributed by atoms with Crippen LogP contribution < -0.4 is 15.4 Å². The average molecular weight is 406 g/mol. The summed E-state index contributed by atoms with van der Waals surface area (Å²) in [6, 6.07) is 5.50. The molecule has 1 rings (SSSR count). The number of anilines is 1. The summed E-state index contributed by atoms with van der Waals surface area (Å²) < 4.78 is 56.1. The highest BCUT2D eigenvalue weighted by atomic mass is 19.4. The molecule has 0 saturated heterocycles. The maximum Gasteiger partial charge on any atom is 0.442 e. The molecule has 0 fully saturated rings. The Labute approximate surface area is 161 Å². The summed E-state index contributed by atoms with van der Waals surface area (Å²) in [5.41, 5.74) is -3.59. The van der Waals surface area contributed by atoms with Crippen LogP contribution in [0, 0.1) is 0 Å². The van der Waals surface area contributed by atoms with Gasteiger partial charge in [0.2, 0.25) is 0 Å². The summed E-state index contributed by atoms with van der Waals surface area (Å²) in [6.07, 6.45) is -4.86. The van der Waals surface area contributed by atoms with Crippen molar-refractivity contribution in [1.82, 2.24) is 5.32 Å². The van der Waals surface area contributed by atoms with Gasteiger partial charge in [0.15, 0.2) is 0 Å². The first kappa shape index (κ1) is 23.4. The van der Waals surface area contributed by atoms with E-state index in [2.05, 4.69) is 9.47 Å². The van der Waals surface area contributed by atoms with Gasteiger partial charge in [-0.2, -0.15) is 13.2 Å². The van der Waals surface area contributed by atoms with Gasteiger partial charge in [-0.1, -0.05) is 13.3 Å². The molecule has 0 saturated carbocycles. The van der Waals surface area contributed by atoms with Crippen LogP contribution in [0.25, 0.3) is 0 Å². The first-order valence-corrected chi connectivity index (χ1v) is 8.90. The molecule has 2 N–H and O–H groups in total. The van der Waals surface area contributed by atoms with Crippen molar-refractivity contribution in [3.8, 4) is 5.75 Å². The molecule has 158 valence electrons. The lowest BCUT2D eigenvalue weighted by Crippen LogP contribution is -2.69. The molecule has 0 unspecified atom stereocenters. The number of carbonyl (C=O) groups is 2. The lowest BCUT2D eigenvalue weighted by molar-refractivity contribution is -0.205. The SMILES string of the molecule is CCCCOc1ccc(N[C@](NC(=O)OCC)(C(=O)OCC)C(F)(F)F)cc1. The third kappa shape index (κ3) is 6.21. The summed E-state index contributed by atoms with van der Waals surface area (Å²) in [4.78, 5) is 23.9. The van der Waals surface area contributed by atoms with E-state index < -0.39 is 23.9 Å². The summed E-state index contributed by atoms with van der Waals surface area (Å²) in [6.45, 7) is 4.76. The monoisotopic (exact) mass is 406 g/mol. The highest BCUT2D eigenvalue weighted by molar-refractivity contribution is 5.89. The molecule has 0 heterocycles. The molecule has 0 aliphatic rings. The van der Waals surface area contributed by atoms with Crippen molar-refractivity contribution in [1.29, 1.82) is 0 Å². The number of unbranched alkanes of at least 4 members (excludes halogenated alkanes) is 1. The largest absolute Gasteiger partial charge is 0.494 e. The number of amides is 1. The van der Waals surface area contributed by atoms with Crippen LogP contribution >= 0.6 is 0 Å². The topological polar surface area (TPSA) is 85.9 Å². The standard InChI is InChI=1S/C18H25F3N2O5/c1-4-7-12-28-14-10-8-13(9-11-14)22-17(18(19,20)21,15(24)26-5-2)23-16(25)27-6-3/h8-11,22H,4-7,12H2,1-3H3,(H,23,25)/t17-/m0/s1. The van der Waals surface area contributed by atoms with Crippen LogP contribution in [0.15, 0.2) is 24.3 Å². The van der Waals surface area contributed by atoms with E-state index in [-0.39, 0.29) is 18.9 Å². The second-order valence-corrected chi connectivity index (χ2v) is 5.67. The van der Waals surface area contributed by atoms with Crippen molar-refractivity contribution in [2.24, 2.45) is 0 Å². The molecule has 1 atom stereocenters. The Balaban J connectivity index is 3.16. The number of halogens is 3. The van der Waals surface area contributed by atoms with Gasteiger partial charge in [-0.05, 0) is 44.5 Å². The average Bonchev–Trinajstić information content (AvgIpc) is 2.62. The molecule has 0 spiro atoms. The summed E-state index contributed by atoms with van der Waals surface area (Å²) in [5, 5.41) is 3.59. The third-order valence-electron chi connectivity index (χ3n) is 3.52. The predicted molar refractivity (Wildman–Crippen MR) is 96.0 cm³/mol. The fraction of sp³-hybridized carbons (Fsp3) is 0.556. The van der Waals surface area contributed by atoms with Crippen molar-refractivity contribution in [2.75, 3.05) is 25.1 Å². The second kappa shape index (κ2) is 10.6. The Morgan fingerprint density at radius 1 is 1.00 bits per heavy atom. The zero-order valence-electron chi connectivity index (χ0n) is 16.0. The smallest absolute Gasteiger partial charge is 0.442 e. The third-order valence-corrected chi connectivity index (χ3v) is 3.52. The van der Waals surface area contributed by atoms with E-state index in [4.69, 9.17) is 4.74 Å². The lowest BCUT2D eigenvalue weighted by Gasteiger charge is -2.34. The van der Waals surface area contributed by atoms with Crippen LogP contribution in [-0.2, 0) is 14.3 Å². The van der Waals surface area contributed by atoms with Gasteiger partial charge in [0.25, 0.3) is 0 Å².